The Balaban J connectivity index is 1.56. The Morgan fingerprint density at radius 1 is 1.03 bits per heavy atom. The Bertz CT molecular complexity index is 1200. The highest BCUT2D eigenvalue weighted by atomic mass is 32.1. The molecule has 0 bridgehead atoms. The second-order valence-electron chi connectivity index (χ2n) is 9.98. The lowest BCUT2D eigenvalue weighted by Gasteiger charge is -2.44. The van der Waals surface area contributed by atoms with E-state index in [9.17, 15) is 9.59 Å². The van der Waals surface area contributed by atoms with Crippen molar-refractivity contribution < 1.29 is 9.59 Å². The predicted molar refractivity (Wildman–Crippen MR) is 135 cm³/mol. The second kappa shape index (κ2) is 8.64. The molecule has 1 N–H and O–H groups in total. The fourth-order valence-electron chi connectivity index (χ4n) is 5.42. The van der Waals surface area contributed by atoms with Crippen molar-refractivity contribution in [2.75, 3.05) is 4.90 Å². The smallest absolute Gasteiger partial charge is 0.275 e. The van der Waals surface area contributed by atoms with Crippen LogP contribution in [0.4, 0.5) is 5.69 Å². The molecule has 1 aliphatic carbocycles. The van der Waals surface area contributed by atoms with Crippen LogP contribution in [0, 0.1) is 13.8 Å². The third kappa shape index (κ3) is 3.88. The maximum absolute atomic E-state index is 14.0. The first kappa shape index (κ1) is 22.2. The minimum Gasteiger partial charge on any atom is -0.351 e. The predicted octanol–water partition coefficient (Wildman–Crippen LogP) is 5.97. The van der Waals surface area contributed by atoms with E-state index in [1.54, 1.807) is 16.2 Å². The molecule has 6 heteroatoms. The van der Waals surface area contributed by atoms with Crippen LogP contribution < -0.4 is 10.2 Å². The van der Waals surface area contributed by atoms with E-state index in [1.807, 2.05) is 41.1 Å². The molecule has 3 heterocycles. The highest BCUT2D eigenvalue weighted by Crippen LogP contribution is 2.38. The van der Waals surface area contributed by atoms with Crippen LogP contribution in [-0.4, -0.2) is 28.0 Å². The van der Waals surface area contributed by atoms with Crippen molar-refractivity contribution in [3.8, 4) is 0 Å². The lowest BCUT2D eigenvalue weighted by molar-refractivity contribution is -0.127. The fourth-order valence-corrected chi connectivity index (χ4v) is 6.25. The number of nitrogens with zero attached hydrogens (tertiary/aromatic N) is 2. The van der Waals surface area contributed by atoms with E-state index in [0.29, 0.717) is 12.2 Å². The molecule has 2 aliphatic rings. The van der Waals surface area contributed by atoms with Crippen molar-refractivity contribution in [1.82, 2.24) is 9.88 Å². The van der Waals surface area contributed by atoms with E-state index in [0.717, 1.165) is 47.2 Å². The Kier molecular flexibility index (Phi) is 5.81. The van der Waals surface area contributed by atoms with Gasteiger partial charge in [0.05, 0.1) is 16.8 Å². The molecule has 0 spiro atoms. The van der Waals surface area contributed by atoms with E-state index in [-0.39, 0.29) is 17.9 Å². The molecular formula is C27H33N3O2S. The first-order valence-electron chi connectivity index (χ1n) is 12.2. The van der Waals surface area contributed by atoms with Gasteiger partial charge in [-0.05, 0) is 74.4 Å². The molecule has 1 atom stereocenters. The summed E-state index contributed by atoms with van der Waals surface area (Å²) in [6.45, 7) is 6.49. The molecular weight excluding hydrogens is 430 g/mol. The number of nitrogens with one attached hydrogen (secondary N) is 1. The van der Waals surface area contributed by atoms with Crippen LogP contribution in [0.5, 0.6) is 0 Å². The molecule has 5 rings (SSSR count). The molecule has 1 aliphatic heterocycles. The van der Waals surface area contributed by atoms with Gasteiger partial charge >= 0.3 is 0 Å². The summed E-state index contributed by atoms with van der Waals surface area (Å²) in [5.41, 5.74) is 3.76. The molecule has 1 fully saturated rings. The SMILES string of the molecule is Cc1ccc(N2C(=O)c3cc4sccc4n3C[C@@]2(C)C(=O)NC2CCCCCCC2)cc1C. The first-order valence-corrected chi connectivity index (χ1v) is 13.1. The van der Waals surface area contributed by atoms with Crippen molar-refractivity contribution in [1.29, 1.82) is 0 Å². The van der Waals surface area contributed by atoms with Gasteiger partial charge in [-0.2, -0.15) is 0 Å². The highest BCUT2D eigenvalue weighted by molar-refractivity contribution is 7.17. The van der Waals surface area contributed by atoms with Crippen LogP contribution in [0.1, 0.15) is 73.5 Å². The third-order valence-electron chi connectivity index (χ3n) is 7.58. The summed E-state index contributed by atoms with van der Waals surface area (Å²) in [6.07, 6.45) is 8.10. The van der Waals surface area contributed by atoms with Gasteiger partial charge in [0.1, 0.15) is 11.2 Å². The number of carbonyl (C=O) groups is 2. The average molecular weight is 464 g/mol. The normalized spacial score (nSPS) is 22.2. The van der Waals surface area contributed by atoms with Gasteiger partial charge in [-0.1, -0.05) is 38.2 Å². The Morgan fingerprint density at radius 3 is 2.48 bits per heavy atom. The minimum atomic E-state index is -1.01. The van der Waals surface area contributed by atoms with E-state index in [2.05, 4.69) is 25.2 Å². The van der Waals surface area contributed by atoms with Crippen molar-refractivity contribution in [3.63, 3.8) is 0 Å². The number of aryl methyl sites for hydroxylation is 2. The molecule has 1 saturated carbocycles. The standard InChI is InChI=1S/C27H33N3O2S/c1-18-11-12-21(15-19(18)2)30-25(31)23-16-24-22(13-14-33-24)29(23)17-27(30,3)26(32)28-20-9-7-5-4-6-8-10-20/h11-16,20H,4-10,17H2,1-3H3,(H,28,32)/t27-/m0/s1. The van der Waals surface area contributed by atoms with Gasteiger partial charge in [0.2, 0.25) is 5.91 Å². The second-order valence-corrected chi connectivity index (χ2v) is 10.9. The molecule has 33 heavy (non-hydrogen) atoms. The van der Waals surface area contributed by atoms with Gasteiger partial charge in [0.15, 0.2) is 0 Å². The zero-order valence-electron chi connectivity index (χ0n) is 19.8. The summed E-state index contributed by atoms with van der Waals surface area (Å²) in [6, 6.07) is 10.3. The number of fused-ring (bicyclic) bond motifs is 3. The number of aromatic nitrogens is 1. The van der Waals surface area contributed by atoms with Gasteiger partial charge in [-0.15, -0.1) is 11.3 Å². The van der Waals surface area contributed by atoms with Crippen LogP contribution in [-0.2, 0) is 11.3 Å². The quantitative estimate of drug-likeness (QED) is 0.520. The molecule has 1 aromatic carbocycles. The maximum Gasteiger partial charge on any atom is 0.275 e. The van der Waals surface area contributed by atoms with Crippen molar-refractivity contribution in [3.05, 3.63) is 52.5 Å². The maximum atomic E-state index is 14.0. The number of hydrogen-bond donors (Lipinski definition) is 1. The fraction of sp³-hybridized carbons (Fsp3) is 0.481. The van der Waals surface area contributed by atoms with Crippen LogP contribution >= 0.6 is 11.3 Å². The van der Waals surface area contributed by atoms with Crippen LogP contribution in [0.25, 0.3) is 10.2 Å². The molecule has 2 aromatic heterocycles. The number of carbonyl (C=O) groups excluding carboxylic acids is 2. The Hall–Kier alpha value is -2.60. The molecule has 3 aromatic rings. The number of thiophene rings is 1. The Labute approximate surface area is 199 Å². The van der Waals surface area contributed by atoms with Gasteiger partial charge in [-0.25, -0.2) is 0 Å². The summed E-state index contributed by atoms with van der Waals surface area (Å²) in [4.78, 5) is 29.6. The topological polar surface area (TPSA) is 54.3 Å². The zero-order valence-corrected chi connectivity index (χ0v) is 20.6. The van der Waals surface area contributed by atoms with Gasteiger partial charge in [0, 0.05) is 11.7 Å². The van der Waals surface area contributed by atoms with Crippen LogP contribution in [0.15, 0.2) is 35.7 Å². The summed E-state index contributed by atoms with van der Waals surface area (Å²) in [7, 11) is 0. The largest absolute Gasteiger partial charge is 0.351 e. The van der Waals surface area contributed by atoms with Crippen LogP contribution in [0.3, 0.4) is 0 Å². The molecule has 5 nitrogen and oxygen atoms in total. The van der Waals surface area contributed by atoms with E-state index in [4.69, 9.17) is 0 Å². The number of benzene rings is 1. The first-order chi connectivity index (χ1) is 15.9. The third-order valence-corrected chi connectivity index (χ3v) is 8.44. The molecule has 0 unspecified atom stereocenters. The van der Waals surface area contributed by atoms with Crippen LogP contribution in [0.2, 0.25) is 0 Å². The van der Waals surface area contributed by atoms with Crippen molar-refractivity contribution in [2.45, 2.75) is 83.8 Å². The number of rotatable bonds is 3. The zero-order chi connectivity index (χ0) is 23.2. The van der Waals surface area contributed by atoms with Crippen molar-refractivity contribution in [2.24, 2.45) is 0 Å². The molecule has 174 valence electrons. The summed E-state index contributed by atoms with van der Waals surface area (Å²) in [5, 5.41) is 5.41. The molecule has 2 amide bonds. The van der Waals surface area contributed by atoms with E-state index >= 15 is 0 Å². The Morgan fingerprint density at radius 2 is 1.76 bits per heavy atom. The van der Waals surface area contributed by atoms with E-state index in [1.165, 1.54) is 24.8 Å². The number of hydrogen-bond acceptors (Lipinski definition) is 3. The lowest BCUT2D eigenvalue weighted by Crippen LogP contribution is -2.65. The molecule has 0 radical (unpaired) electrons. The average Bonchev–Trinajstić information content (AvgIpc) is 3.35. The van der Waals surface area contributed by atoms with Crippen molar-refractivity contribution >= 4 is 39.1 Å². The van der Waals surface area contributed by atoms with Gasteiger partial charge < -0.3 is 9.88 Å². The lowest BCUT2D eigenvalue weighted by atomic mass is 9.91. The summed E-state index contributed by atoms with van der Waals surface area (Å²) < 4.78 is 3.13. The number of anilines is 1. The minimum absolute atomic E-state index is 0.0534. The van der Waals surface area contributed by atoms with Gasteiger partial charge in [0.25, 0.3) is 5.91 Å². The number of amides is 2. The van der Waals surface area contributed by atoms with Gasteiger partial charge in [-0.3, -0.25) is 14.5 Å². The molecule has 0 saturated heterocycles. The summed E-state index contributed by atoms with van der Waals surface area (Å²) in [5.74, 6) is -0.161. The summed E-state index contributed by atoms with van der Waals surface area (Å²) >= 11 is 1.63. The monoisotopic (exact) mass is 463 g/mol. The van der Waals surface area contributed by atoms with E-state index < -0.39 is 5.54 Å². The highest BCUT2D eigenvalue weighted by Gasteiger charge is 2.49.